The maximum absolute atomic E-state index is 13.0. The van der Waals surface area contributed by atoms with Crippen LogP contribution < -0.4 is 5.32 Å². The van der Waals surface area contributed by atoms with Gasteiger partial charge in [0.05, 0.1) is 6.10 Å². The smallest absolute Gasteiger partial charge is 0.123 e. The summed E-state index contributed by atoms with van der Waals surface area (Å²) in [6, 6.07) is 4.76. The lowest BCUT2D eigenvalue weighted by atomic mass is 10.2. The highest BCUT2D eigenvalue weighted by Gasteiger charge is 2.14. The average Bonchev–Trinajstić information content (AvgIpc) is 2.82. The van der Waals surface area contributed by atoms with Crippen LogP contribution in [0.2, 0.25) is 0 Å². The first kappa shape index (κ1) is 13.0. The quantitative estimate of drug-likeness (QED) is 0.843. The fourth-order valence-corrected chi connectivity index (χ4v) is 2.42. The van der Waals surface area contributed by atoms with E-state index in [2.05, 4.69) is 21.2 Å². The Kier molecular flexibility index (Phi) is 4.95. The highest BCUT2D eigenvalue weighted by molar-refractivity contribution is 9.10. The molecule has 0 saturated carbocycles. The monoisotopic (exact) mass is 301 g/mol. The fourth-order valence-electron chi connectivity index (χ4n) is 2.04. The van der Waals surface area contributed by atoms with Crippen LogP contribution in [0.4, 0.5) is 4.39 Å². The SMILES string of the molecule is Fc1ccc(Br)c(CNCCC2CCCO2)c1. The Hall–Kier alpha value is -0.450. The summed E-state index contributed by atoms with van der Waals surface area (Å²) in [5.41, 5.74) is 0.956. The molecule has 2 rings (SSSR count). The number of hydrogen-bond donors (Lipinski definition) is 1. The molecular weight excluding hydrogens is 285 g/mol. The van der Waals surface area contributed by atoms with Crippen molar-refractivity contribution in [2.45, 2.75) is 31.9 Å². The fraction of sp³-hybridized carbons (Fsp3) is 0.538. The van der Waals surface area contributed by atoms with E-state index < -0.39 is 0 Å². The zero-order valence-corrected chi connectivity index (χ0v) is 11.3. The van der Waals surface area contributed by atoms with E-state index in [1.165, 1.54) is 18.9 Å². The number of benzene rings is 1. The second-order valence-corrected chi connectivity index (χ2v) is 5.19. The van der Waals surface area contributed by atoms with Gasteiger partial charge in [0.25, 0.3) is 0 Å². The third-order valence-electron chi connectivity index (χ3n) is 2.99. The van der Waals surface area contributed by atoms with Gasteiger partial charge in [-0.25, -0.2) is 4.39 Å². The van der Waals surface area contributed by atoms with Crippen molar-refractivity contribution in [2.75, 3.05) is 13.2 Å². The second kappa shape index (κ2) is 6.47. The normalized spacial score (nSPS) is 19.8. The van der Waals surface area contributed by atoms with Crippen LogP contribution in [-0.4, -0.2) is 19.3 Å². The van der Waals surface area contributed by atoms with E-state index >= 15 is 0 Å². The molecule has 94 valence electrons. The van der Waals surface area contributed by atoms with Gasteiger partial charge >= 0.3 is 0 Å². The van der Waals surface area contributed by atoms with E-state index in [0.717, 1.165) is 29.6 Å². The van der Waals surface area contributed by atoms with Gasteiger partial charge in [-0.15, -0.1) is 0 Å². The molecule has 1 aliphatic heterocycles. The molecular formula is C13H17BrFNO. The van der Waals surface area contributed by atoms with Crippen LogP contribution in [0, 0.1) is 5.82 Å². The van der Waals surface area contributed by atoms with Crippen molar-refractivity contribution in [3.63, 3.8) is 0 Å². The molecule has 4 heteroatoms. The third kappa shape index (κ3) is 4.05. The van der Waals surface area contributed by atoms with E-state index in [0.29, 0.717) is 12.6 Å². The lowest BCUT2D eigenvalue weighted by Crippen LogP contribution is -2.20. The van der Waals surface area contributed by atoms with Crippen LogP contribution in [0.5, 0.6) is 0 Å². The molecule has 17 heavy (non-hydrogen) atoms. The Morgan fingerprint density at radius 1 is 1.47 bits per heavy atom. The summed E-state index contributed by atoms with van der Waals surface area (Å²) in [4.78, 5) is 0. The first-order valence-electron chi connectivity index (χ1n) is 6.02. The molecule has 1 aromatic rings. The number of nitrogens with one attached hydrogen (secondary N) is 1. The van der Waals surface area contributed by atoms with E-state index in [1.807, 2.05) is 0 Å². The van der Waals surface area contributed by atoms with Crippen molar-refractivity contribution in [1.29, 1.82) is 0 Å². The number of hydrogen-bond acceptors (Lipinski definition) is 2. The first-order valence-corrected chi connectivity index (χ1v) is 6.81. The Balaban J connectivity index is 1.72. The minimum Gasteiger partial charge on any atom is -0.378 e. The zero-order valence-electron chi connectivity index (χ0n) is 9.72. The van der Waals surface area contributed by atoms with Crippen LogP contribution in [0.25, 0.3) is 0 Å². The molecule has 1 atom stereocenters. The molecule has 0 radical (unpaired) electrons. The maximum Gasteiger partial charge on any atom is 0.123 e. The summed E-state index contributed by atoms with van der Waals surface area (Å²) in [5.74, 6) is -0.191. The highest BCUT2D eigenvalue weighted by Crippen LogP contribution is 2.18. The number of ether oxygens (including phenoxy) is 1. The maximum atomic E-state index is 13.0. The molecule has 2 nitrogen and oxygen atoms in total. The predicted octanol–water partition coefficient (Wildman–Crippen LogP) is 3.25. The summed E-state index contributed by atoms with van der Waals surface area (Å²) < 4.78 is 19.5. The predicted molar refractivity (Wildman–Crippen MR) is 69.4 cm³/mol. The van der Waals surface area contributed by atoms with E-state index in [-0.39, 0.29) is 5.82 Å². The Morgan fingerprint density at radius 3 is 3.12 bits per heavy atom. The van der Waals surface area contributed by atoms with Gasteiger partial charge in [-0.3, -0.25) is 0 Å². The molecule has 0 aromatic heterocycles. The summed E-state index contributed by atoms with van der Waals surface area (Å²) in [5, 5.41) is 3.32. The zero-order chi connectivity index (χ0) is 12.1. The Labute approximate surface area is 110 Å². The van der Waals surface area contributed by atoms with Crippen LogP contribution in [0.3, 0.4) is 0 Å². The first-order chi connectivity index (χ1) is 8.25. The molecule has 0 bridgehead atoms. The molecule has 0 aliphatic carbocycles. The van der Waals surface area contributed by atoms with Gasteiger partial charge in [0, 0.05) is 17.6 Å². The van der Waals surface area contributed by atoms with E-state index in [9.17, 15) is 4.39 Å². The van der Waals surface area contributed by atoms with Crippen molar-refractivity contribution in [3.8, 4) is 0 Å². The average molecular weight is 302 g/mol. The largest absolute Gasteiger partial charge is 0.378 e. The molecule has 1 heterocycles. The minimum absolute atomic E-state index is 0.191. The molecule has 1 N–H and O–H groups in total. The molecule has 0 spiro atoms. The number of rotatable bonds is 5. The van der Waals surface area contributed by atoms with Crippen molar-refractivity contribution in [3.05, 3.63) is 34.1 Å². The van der Waals surface area contributed by atoms with Gasteiger partial charge < -0.3 is 10.1 Å². The van der Waals surface area contributed by atoms with Gasteiger partial charge in [-0.2, -0.15) is 0 Å². The van der Waals surface area contributed by atoms with E-state index in [4.69, 9.17) is 4.74 Å². The van der Waals surface area contributed by atoms with Crippen molar-refractivity contribution >= 4 is 15.9 Å². The van der Waals surface area contributed by atoms with Gasteiger partial charge in [0.15, 0.2) is 0 Å². The Bertz CT molecular complexity index is 366. The summed E-state index contributed by atoms with van der Waals surface area (Å²) in [6.07, 6.45) is 3.80. The Morgan fingerprint density at radius 2 is 2.35 bits per heavy atom. The lowest BCUT2D eigenvalue weighted by Gasteiger charge is -2.10. The molecule has 1 aromatic carbocycles. The summed E-state index contributed by atoms with van der Waals surface area (Å²) in [7, 11) is 0. The van der Waals surface area contributed by atoms with Gasteiger partial charge in [0.1, 0.15) is 5.82 Å². The number of halogens is 2. The standard InChI is InChI=1S/C13H17BrFNO/c14-13-4-3-11(15)8-10(13)9-16-6-5-12-2-1-7-17-12/h3-4,8,12,16H,1-2,5-7,9H2. The molecule has 1 saturated heterocycles. The van der Waals surface area contributed by atoms with Crippen molar-refractivity contribution in [2.24, 2.45) is 0 Å². The lowest BCUT2D eigenvalue weighted by molar-refractivity contribution is 0.104. The van der Waals surface area contributed by atoms with Crippen LogP contribution in [0.1, 0.15) is 24.8 Å². The summed E-state index contributed by atoms with van der Waals surface area (Å²) >= 11 is 3.42. The third-order valence-corrected chi connectivity index (χ3v) is 3.76. The van der Waals surface area contributed by atoms with Gasteiger partial charge in [-0.05, 0) is 49.6 Å². The topological polar surface area (TPSA) is 21.3 Å². The molecule has 1 unspecified atom stereocenters. The second-order valence-electron chi connectivity index (χ2n) is 4.34. The molecule has 1 aliphatic rings. The van der Waals surface area contributed by atoms with E-state index in [1.54, 1.807) is 12.1 Å². The molecule has 1 fully saturated rings. The van der Waals surface area contributed by atoms with Gasteiger partial charge in [0.2, 0.25) is 0 Å². The highest BCUT2D eigenvalue weighted by atomic mass is 79.9. The molecule has 0 amide bonds. The van der Waals surface area contributed by atoms with Gasteiger partial charge in [-0.1, -0.05) is 15.9 Å². The van der Waals surface area contributed by atoms with Crippen molar-refractivity contribution in [1.82, 2.24) is 5.32 Å². The summed E-state index contributed by atoms with van der Waals surface area (Å²) in [6.45, 7) is 2.50. The van der Waals surface area contributed by atoms with Crippen LogP contribution in [0.15, 0.2) is 22.7 Å². The minimum atomic E-state index is -0.191. The van der Waals surface area contributed by atoms with Crippen LogP contribution in [-0.2, 0) is 11.3 Å². The van der Waals surface area contributed by atoms with Crippen LogP contribution >= 0.6 is 15.9 Å². The van der Waals surface area contributed by atoms with Crippen molar-refractivity contribution < 1.29 is 9.13 Å².